The molecule has 0 saturated heterocycles. The van der Waals surface area contributed by atoms with Crippen LogP contribution in [0, 0.1) is 0 Å². The fourth-order valence-corrected chi connectivity index (χ4v) is 1.98. The Morgan fingerprint density at radius 2 is 2.14 bits per heavy atom. The number of carbonyl (C=O) groups is 1. The van der Waals surface area contributed by atoms with Gasteiger partial charge in [0, 0.05) is 44.3 Å². The maximum absolute atomic E-state index is 11.9. The molecule has 21 heavy (non-hydrogen) atoms. The molecule has 0 aliphatic heterocycles. The summed E-state index contributed by atoms with van der Waals surface area (Å²) in [5.74, 6) is -0.0410. The van der Waals surface area contributed by atoms with E-state index in [-0.39, 0.29) is 5.91 Å². The summed E-state index contributed by atoms with van der Waals surface area (Å²) in [4.78, 5) is 15.9. The molecule has 1 amide bonds. The average Bonchev–Trinajstić information content (AvgIpc) is 3.00. The molecular formula is C16H21N3O2. The normalized spacial score (nSPS) is 10.5. The Kier molecular flexibility index (Phi) is 5.97. The molecule has 0 radical (unpaired) electrons. The number of nitrogens with zero attached hydrogens (tertiary/aromatic N) is 2. The predicted molar refractivity (Wildman–Crippen MR) is 81.2 cm³/mol. The highest BCUT2D eigenvalue weighted by Crippen LogP contribution is 2.06. The largest absolute Gasteiger partial charge is 0.382 e. The van der Waals surface area contributed by atoms with E-state index in [1.165, 1.54) is 0 Å². The van der Waals surface area contributed by atoms with Crippen LogP contribution in [0.25, 0.3) is 0 Å². The number of nitrogens with one attached hydrogen (secondary N) is 1. The van der Waals surface area contributed by atoms with Crippen LogP contribution in [0.2, 0.25) is 0 Å². The van der Waals surface area contributed by atoms with Crippen molar-refractivity contribution in [2.45, 2.75) is 19.9 Å². The summed E-state index contributed by atoms with van der Waals surface area (Å²) in [7, 11) is 0. The minimum absolute atomic E-state index is 0.0410. The molecule has 0 unspecified atom stereocenters. The van der Waals surface area contributed by atoms with Crippen molar-refractivity contribution >= 4 is 5.91 Å². The van der Waals surface area contributed by atoms with Gasteiger partial charge in [-0.2, -0.15) is 0 Å². The standard InChI is InChI=1S/C16H21N3O2/c1-2-21-11-3-8-18-16(20)15-6-4-14(5-7-15)12-19-10-9-17-13-19/h4-7,9-10,13H,2-3,8,11-12H2,1H3,(H,18,20). The highest BCUT2D eigenvalue weighted by atomic mass is 16.5. The molecule has 0 spiro atoms. The van der Waals surface area contributed by atoms with Crippen LogP contribution in [0.5, 0.6) is 0 Å². The third-order valence-corrected chi connectivity index (χ3v) is 3.10. The first kappa shape index (κ1) is 15.3. The molecule has 0 fully saturated rings. The predicted octanol–water partition coefficient (Wildman–Crippen LogP) is 2.09. The van der Waals surface area contributed by atoms with Crippen LogP contribution < -0.4 is 5.32 Å². The molecule has 1 N–H and O–H groups in total. The number of imidazole rings is 1. The molecule has 0 saturated carbocycles. The van der Waals surface area contributed by atoms with Gasteiger partial charge in [-0.3, -0.25) is 4.79 Å². The molecular weight excluding hydrogens is 266 g/mol. The Morgan fingerprint density at radius 1 is 1.33 bits per heavy atom. The maximum Gasteiger partial charge on any atom is 0.251 e. The monoisotopic (exact) mass is 287 g/mol. The Morgan fingerprint density at radius 3 is 2.81 bits per heavy atom. The van der Waals surface area contributed by atoms with E-state index in [9.17, 15) is 4.79 Å². The third kappa shape index (κ3) is 5.04. The van der Waals surface area contributed by atoms with E-state index >= 15 is 0 Å². The molecule has 2 rings (SSSR count). The number of hydrogen-bond acceptors (Lipinski definition) is 3. The van der Waals surface area contributed by atoms with Crippen molar-refractivity contribution in [2.75, 3.05) is 19.8 Å². The molecule has 1 heterocycles. The van der Waals surface area contributed by atoms with Crippen LogP contribution in [0.15, 0.2) is 43.0 Å². The van der Waals surface area contributed by atoms with E-state index in [2.05, 4.69) is 10.3 Å². The van der Waals surface area contributed by atoms with Crippen molar-refractivity contribution in [1.82, 2.24) is 14.9 Å². The lowest BCUT2D eigenvalue weighted by Crippen LogP contribution is -2.25. The number of carbonyl (C=O) groups excluding carboxylic acids is 1. The fraction of sp³-hybridized carbons (Fsp3) is 0.375. The van der Waals surface area contributed by atoms with Gasteiger partial charge in [0.25, 0.3) is 5.91 Å². The van der Waals surface area contributed by atoms with Crippen LogP contribution in [-0.2, 0) is 11.3 Å². The molecule has 0 aliphatic rings. The first-order chi connectivity index (χ1) is 10.3. The SMILES string of the molecule is CCOCCCNC(=O)c1ccc(Cn2ccnc2)cc1. The van der Waals surface area contributed by atoms with Gasteiger partial charge in [-0.05, 0) is 31.0 Å². The highest BCUT2D eigenvalue weighted by molar-refractivity contribution is 5.94. The summed E-state index contributed by atoms with van der Waals surface area (Å²) < 4.78 is 7.22. The molecule has 5 heteroatoms. The zero-order valence-corrected chi connectivity index (χ0v) is 12.3. The van der Waals surface area contributed by atoms with Gasteiger partial charge >= 0.3 is 0 Å². The second-order valence-electron chi connectivity index (χ2n) is 4.74. The van der Waals surface area contributed by atoms with Crippen molar-refractivity contribution in [3.05, 3.63) is 54.1 Å². The maximum atomic E-state index is 11.9. The lowest BCUT2D eigenvalue weighted by molar-refractivity contribution is 0.0944. The van der Waals surface area contributed by atoms with Crippen LogP contribution in [-0.4, -0.2) is 35.2 Å². The summed E-state index contributed by atoms with van der Waals surface area (Å²) in [6.45, 7) is 4.75. The lowest BCUT2D eigenvalue weighted by Gasteiger charge is -2.07. The van der Waals surface area contributed by atoms with E-state index in [0.717, 1.165) is 18.5 Å². The van der Waals surface area contributed by atoms with Crippen LogP contribution >= 0.6 is 0 Å². The van der Waals surface area contributed by atoms with Crippen LogP contribution in [0.4, 0.5) is 0 Å². The minimum atomic E-state index is -0.0410. The topological polar surface area (TPSA) is 56.1 Å². The Bertz CT molecular complexity index is 535. The molecule has 2 aromatic rings. The van der Waals surface area contributed by atoms with E-state index in [4.69, 9.17) is 4.74 Å². The van der Waals surface area contributed by atoms with Gasteiger partial charge in [0.15, 0.2) is 0 Å². The van der Waals surface area contributed by atoms with Gasteiger partial charge in [0.05, 0.1) is 6.33 Å². The van der Waals surface area contributed by atoms with Crippen molar-refractivity contribution in [1.29, 1.82) is 0 Å². The number of amides is 1. The second-order valence-corrected chi connectivity index (χ2v) is 4.74. The molecule has 0 atom stereocenters. The van der Waals surface area contributed by atoms with Gasteiger partial charge in [-0.15, -0.1) is 0 Å². The Labute approximate surface area is 125 Å². The Hall–Kier alpha value is -2.14. The van der Waals surface area contributed by atoms with E-state index in [1.807, 2.05) is 42.0 Å². The number of rotatable bonds is 8. The van der Waals surface area contributed by atoms with Crippen molar-refractivity contribution in [3.63, 3.8) is 0 Å². The molecule has 1 aromatic heterocycles. The van der Waals surface area contributed by atoms with Gasteiger partial charge in [0.2, 0.25) is 0 Å². The summed E-state index contributed by atoms with van der Waals surface area (Å²) in [5, 5.41) is 2.89. The minimum Gasteiger partial charge on any atom is -0.382 e. The second kappa shape index (κ2) is 8.21. The van der Waals surface area contributed by atoms with Gasteiger partial charge in [-0.25, -0.2) is 4.98 Å². The summed E-state index contributed by atoms with van der Waals surface area (Å²) in [6.07, 6.45) is 6.28. The molecule has 112 valence electrons. The fourth-order valence-electron chi connectivity index (χ4n) is 1.98. The molecule has 5 nitrogen and oxygen atoms in total. The Balaban J connectivity index is 1.79. The van der Waals surface area contributed by atoms with E-state index in [1.54, 1.807) is 12.5 Å². The quantitative estimate of drug-likeness (QED) is 0.756. The van der Waals surface area contributed by atoms with Crippen molar-refractivity contribution < 1.29 is 9.53 Å². The zero-order chi connectivity index (χ0) is 14.9. The smallest absolute Gasteiger partial charge is 0.251 e. The van der Waals surface area contributed by atoms with Crippen molar-refractivity contribution in [2.24, 2.45) is 0 Å². The zero-order valence-electron chi connectivity index (χ0n) is 12.3. The van der Waals surface area contributed by atoms with Gasteiger partial charge in [-0.1, -0.05) is 12.1 Å². The molecule has 0 aliphatic carbocycles. The van der Waals surface area contributed by atoms with Crippen LogP contribution in [0.3, 0.4) is 0 Å². The van der Waals surface area contributed by atoms with Gasteiger partial charge in [0.1, 0.15) is 0 Å². The van der Waals surface area contributed by atoms with E-state index < -0.39 is 0 Å². The van der Waals surface area contributed by atoms with Crippen molar-refractivity contribution in [3.8, 4) is 0 Å². The first-order valence-electron chi connectivity index (χ1n) is 7.20. The summed E-state index contributed by atoms with van der Waals surface area (Å²) >= 11 is 0. The summed E-state index contributed by atoms with van der Waals surface area (Å²) in [5.41, 5.74) is 1.82. The first-order valence-corrected chi connectivity index (χ1v) is 7.20. The number of hydrogen-bond donors (Lipinski definition) is 1. The lowest BCUT2D eigenvalue weighted by atomic mass is 10.1. The third-order valence-electron chi connectivity index (χ3n) is 3.10. The highest BCUT2D eigenvalue weighted by Gasteiger charge is 2.04. The van der Waals surface area contributed by atoms with Crippen LogP contribution in [0.1, 0.15) is 29.3 Å². The number of aromatic nitrogens is 2. The molecule has 0 bridgehead atoms. The molecule has 1 aromatic carbocycles. The number of ether oxygens (including phenoxy) is 1. The summed E-state index contributed by atoms with van der Waals surface area (Å²) in [6, 6.07) is 7.64. The average molecular weight is 287 g/mol. The van der Waals surface area contributed by atoms with Gasteiger partial charge < -0.3 is 14.6 Å². The number of benzene rings is 1. The van der Waals surface area contributed by atoms with E-state index in [0.29, 0.717) is 25.3 Å².